The summed E-state index contributed by atoms with van der Waals surface area (Å²) in [6.07, 6.45) is 5.70. The molecule has 1 aliphatic heterocycles. The molecule has 0 radical (unpaired) electrons. The first-order valence-electron chi connectivity index (χ1n) is 6.19. The highest BCUT2D eigenvalue weighted by atomic mass is 32.2. The quantitative estimate of drug-likeness (QED) is 0.799. The van der Waals surface area contributed by atoms with Crippen LogP contribution in [0.15, 0.2) is 0 Å². The maximum absolute atomic E-state index is 12.1. The topological polar surface area (TPSA) is 32.3 Å². The number of nitrogens with zero attached hydrogens (tertiary/aromatic N) is 1. The monoisotopic (exact) mass is 244 g/mol. The zero-order valence-corrected chi connectivity index (χ0v) is 11.5. The molecule has 16 heavy (non-hydrogen) atoms. The van der Waals surface area contributed by atoms with E-state index in [1.165, 1.54) is 19.3 Å². The van der Waals surface area contributed by atoms with Gasteiger partial charge in [-0.25, -0.2) is 0 Å². The third-order valence-electron chi connectivity index (χ3n) is 2.99. The summed E-state index contributed by atoms with van der Waals surface area (Å²) in [6, 6.07) is 0.360. The molecule has 1 saturated heterocycles. The normalized spacial score (nSPS) is 20.6. The van der Waals surface area contributed by atoms with Crippen molar-refractivity contribution in [1.29, 1.82) is 0 Å². The van der Waals surface area contributed by atoms with Crippen molar-refractivity contribution in [3.63, 3.8) is 0 Å². The van der Waals surface area contributed by atoms with Crippen LogP contribution < -0.4 is 5.32 Å². The summed E-state index contributed by atoms with van der Waals surface area (Å²) < 4.78 is 0. The predicted octanol–water partition coefficient (Wildman–Crippen LogP) is 1.73. The zero-order valence-electron chi connectivity index (χ0n) is 10.7. The highest BCUT2D eigenvalue weighted by molar-refractivity contribution is 7.98. The number of carbonyl (C=O) groups is 1. The van der Waals surface area contributed by atoms with E-state index >= 15 is 0 Å². The third kappa shape index (κ3) is 4.34. The highest BCUT2D eigenvalue weighted by Gasteiger charge is 2.22. The molecule has 1 rings (SSSR count). The van der Waals surface area contributed by atoms with Crippen LogP contribution in [0.3, 0.4) is 0 Å². The SMILES string of the molecule is CSCC(C)NC(C)C(=O)N1CCCCC1. The molecule has 1 heterocycles. The van der Waals surface area contributed by atoms with E-state index in [2.05, 4.69) is 18.5 Å². The summed E-state index contributed by atoms with van der Waals surface area (Å²) in [7, 11) is 0. The molecule has 0 aromatic heterocycles. The first kappa shape index (κ1) is 13.8. The van der Waals surface area contributed by atoms with E-state index < -0.39 is 0 Å². The van der Waals surface area contributed by atoms with Gasteiger partial charge in [0.2, 0.25) is 5.91 Å². The van der Waals surface area contributed by atoms with Gasteiger partial charge in [-0.2, -0.15) is 11.8 Å². The number of piperidine rings is 1. The van der Waals surface area contributed by atoms with E-state index in [4.69, 9.17) is 0 Å². The second-order valence-electron chi connectivity index (χ2n) is 4.63. The maximum Gasteiger partial charge on any atom is 0.239 e. The molecular weight excluding hydrogens is 220 g/mol. The van der Waals surface area contributed by atoms with Gasteiger partial charge in [-0.15, -0.1) is 0 Å². The highest BCUT2D eigenvalue weighted by Crippen LogP contribution is 2.10. The molecule has 4 heteroatoms. The summed E-state index contributed by atoms with van der Waals surface area (Å²) in [5.74, 6) is 1.32. The molecule has 94 valence electrons. The standard InChI is InChI=1S/C12H24N2OS/c1-10(9-16-3)13-11(2)12(15)14-7-5-4-6-8-14/h10-11,13H,4-9H2,1-3H3. The zero-order chi connectivity index (χ0) is 12.0. The molecular formula is C12H24N2OS. The fourth-order valence-electron chi connectivity index (χ4n) is 2.18. The predicted molar refractivity (Wildman–Crippen MR) is 70.9 cm³/mol. The lowest BCUT2D eigenvalue weighted by atomic mass is 10.1. The van der Waals surface area contributed by atoms with Crippen molar-refractivity contribution >= 4 is 17.7 Å². The van der Waals surface area contributed by atoms with Crippen molar-refractivity contribution in [1.82, 2.24) is 10.2 Å². The van der Waals surface area contributed by atoms with Crippen LogP contribution in [0.4, 0.5) is 0 Å². The van der Waals surface area contributed by atoms with Crippen molar-refractivity contribution in [3.05, 3.63) is 0 Å². The van der Waals surface area contributed by atoms with Gasteiger partial charge in [-0.3, -0.25) is 4.79 Å². The second-order valence-corrected chi connectivity index (χ2v) is 5.54. The Kier molecular flexibility index (Phi) is 6.21. The molecule has 2 unspecified atom stereocenters. The summed E-state index contributed by atoms with van der Waals surface area (Å²) in [4.78, 5) is 14.1. The van der Waals surface area contributed by atoms with Gasteiger partial charge < -0.3 is 10.2 Å². The lowest BCUT2D eigenvalue weighted by Gasteiger charge is -2.30. The van der Waals surface area contributed by atoms with Crippen LogP contribution >= 0.6 is 11.8 Å². The van der Waals surface area contributed by atoms with Crippen LogP contribution in [0.5, 0.6) is 0 Å². The molecule has 0 aliphatic carbocycles. The van der Waals surface area contributed by atoms with Crippen LogP contribution in [0.1, 0.15) is 33.1 Å². The van der Waals surface area contributed by atoms with Crippen molar-refractivity contribution in [2.45, 2.75) is 45.2 Å². The number of likely N-dealkylation sites (tertiary alicyclic amines) is 1. The van der Waals surface area contributed by atoms with Gasteiger partial charge in [0.15, 0.2) is 0 Å². The Morgan fingerprint density at radius 3 is 2.50 bits per heavy atom. The van der Waals surface area contributed by atoms with Crippen LogP contribution in [-0.4, -0.2) is 48.0 Å². The molecule has 0 saturated carbocycles. The Morgan fingerprint density at radius 2 is 1.94 bits per heavy atom. The van der Waals surface area contributed by atoms with Gasteiger partial charge >= 0.3 is 0 Å². The van der Waals surface area contributed by atoms with E-state index in [1.54, 1.807) is 0 Å². The lowest BCUT2D eigenvalue weighted by Crippen LogP contribution is -2.49. The first-order chi connectivity index (χ1) is 7.65. The van der Waals surface area contributed by atoms with Crippen LogP contribution in [-0.2, 0) is 4.79 Å². The van der Waals surface area contributed by atoms with E-state index in [9.17, 15) is 4.79 Å². The average molecular weight is 244 g/mol. The van der Waals surface area contributed by atoms with Gasteiger partial charge in [0.05, 0.1) is 6.04 Å². The molecule has 1 amide bonds. The summed E-state index contributed by atoms with van der Waals surface area (Å²) in [5.41, 5.74) is 0. The van der Waals surface area contributed by atoms with E-state index in [0.717, 1.165) is 18.8 Å². The van der Waals surface area contributed by atoms with Crippen molar-refractivity contribution in [2.75, 3.05) is 25.1 Å². The van der Waals surface area contributed by atoms with Gasteiger partial charge in [-0.05, 0) is 39.4 Å². The minimum atomic E-state index is -0.0414. The maximum atomic E-state index is 12.1. The molecule has 0 aromatic carbocycles. The Morgan fingerprint density at radius 1 is 1.31 bits per heavy atom. The molecule has 0 spiro atoms. The first-order valence-corrected chi connectivity index (χ1v) is 7.58. The Labute approximate surface area is 103 Å². The molecule has 2 atom stereocenters. The smallest absolute Gasteiger partial charge is 0.239 e. The number of hydrogen-bond donors (Lipinski definition) is 1. The summed E-state index contributed by atoms with van der Waals surface area (Å²) >= 11 is 1.81. The lowest BCUT2D eigenvalue weighted by molar-refractivity contribution is -0.134. The summed E-state index contributed by atoms with van der Waals surface area (Å²) in [5, 5.41) is 3.37. The van der Waals surface area contributed by atoms with Crippen LogP contribution in [0.25, 0.3) is 0 Å². The Bertz CT molecular complexity index is 217. The fourth-order valence-corrected chi connectivity index (χ4v) is 2.78. The Hall–Kier alpha value is -0.220. The molecule has 0 aromatic rings. The minimum absolute atomic E-state index is 0.0414. The van der Waals surface area contributed by atoms with Gasteiger partial charge in [0.25, 0.3) is 0 Å². The van der Waals surface area contributed by atoms with Crippen molar-refractivity contribution in [2.24, 2.45) is 0 Å². The molecule has 0 bridgehead atoms. The number of rotatable bonds is 5. The van der Waals surface area contributed by atoms with Gasteiger partial charge in [0.1, 0.15) is 0 Å². The number of thioether (sulfide) groups is 1. The van der Waals surface area contributed by atoms with Gasteiger partial charge in [-0.1, -0.05) is 0 Å². The largest absolute Gasteiger partial charge is 0.341 e. The van der Waals surface area contributed by atoms with Crippen molar-refractivity contribution < 1.29 is 4.79 Å². The Balaban J connectivity index is 2.34. The second kappa shape index (κ2) is 7.17. The van der Waals surface area contributed by atoms with E-state index in [1.807, 2.05) is 23.6 Å². The fraction of sp³-hybridized carbons (Fsp3) is 0.917. The minimum Gasteiger partial charge on any atom is -0.341 e. The third-order valence-corrected chi connectivity index (χ3v) is 3.82. The average Bonchev–Trinajstić information content (AvgIpc) is 2.29. The number of hydrogen-bond acceptors (Lipinski definition) is 3. The molecule has 1 N–H and O–H groups in total. The van der Waals surface area contributed by atoms with Crippen LogP contribution in [0, 0.1) is 0 Å². The molecule has 1 aliphatic rings. The van der Waals surface area contributed by atoms with E-state index in [0.29, 0.717) is 6.04 Å². The van der Waals surface area contributed by atoms with E-state index in [-0.39, 0.29) is 11.9 Å². The van der Waals surface area contributed by atoms with Crippen molar-refractivity contribution in [3.8, 4) is 0 Å². The number of carbonyl (C=O) groups excluding carboxylic acids is 1. The number of nitrogens with one attached hydrogen (secondary N) is 1. The molecule has 1 fully saturated rings. The number of amides is 1. The molecule has 3 nitrogen and oxygen atoms in total. The van der Waals surface area contributed by atoms with Crippen LogP contribution in [0.2, 0.25) is 0 Å². The van der Waals surface area contributed by atoms with Gasteiger partial charge in [0, 0.05) is 24.9 Å². The summed E-state index contributed by atoms with van der Waals surface area (Å²) in [6.45, 7) is 6.01.